The lowest BCUT2D eigenvalue weighted by molar-refractivity contribution is 0.102. The molecule has 0 fully saturated rings. The minimum absolute atomic E-state index is 0.128. The number of anilines is 1. The lowest BCUT2D eigenvalue weighted by Gasteiger charge is -2.11. The van der Waals surface area contributed by atoms with Gasteiger partial charge in [-0.05, 0) is 58.0 Å². The zero-order chi connectivity index (χ0) is 19.0. The average molecular weight is 352 g/mol. The molecule has 26 heavy (non-hydrogen) atoms. The second-order valence-corrected chi connectivity index (χ2v) is 6.44. The number of carbonyl (C=O) groups excluding carboxylic acids is 1. The summed E-state index contributed by atoms with van der Waals surface area (Å²) in [5, 5.41) is 7.36. The van der Waals surface area contributed by atoms with E-state index in [1.165, 1.54) is 0 Å². The van der Waals surface area contributed by atoms with E-state index in [1.54, 1.807) is 11.8 Å². The minimum atomic E-state index is -0.128. The van der Waals surface area contributed by atoms with Crippen LogP contribution in [0.2, 0.25) is 0 Å². The molecule has 0 saturated heterocycles. The molecule has 0 radical (unpaired) electrons. The SMILES string of the molecule is COc1ccc(-n2c(C)cc(C(=O)Nc3c(C)nn(C)c3C)c2C)cc1. The number of nitrogens with one attached hydrogen (secondary N) is 1. The lowest BCUT2D eigenvalue weighted by atomic mass is 10.2. The summed E-state index contributed by atoms with van der Waals surface area (Å²) >= 11 is 0. The van der Waals surface area contributed by atoms with Crippen LogP contribution in [0.5, 0.6) is 5.75 Å². The van der Waals surface area contributed by atoms with Crippen molar-refractivity contribution in [2.45, 2.75) is 27.7 Å². The van der Waals surface area contributed by atoms with Crippen LogP contribution < -0.4 is 10.1 Å². The van der Waals surface area contributed by atoms with Gasteiger partial charge >= 0.3 is 0 Å². The van der Waals surface area contributed by atoms with Crippen LogP contribution in [0.4, 0.5) is 5.69 Å². The molecule has 3 rings (SSSR count). The third-order valence-electron chi connectivity index (χ3n) is 4.75. The molecular weight excluding hydrogens is 328 g/mol. The van der Waals surface area contributed by atoms with E-state index in [1.807, 2.05) is 65.1 Å². The monoisotopic (exact) mass is 352 g/mol. The highest BCUT2D eigenvalue weighted by Crippen LogP contribution is 2.25. The summed E-state index contributed by atoms with van der Waals surface area (Å²) in [6, 6.07) is 9.70. The molecule has 1 N–H and O–H groups in total. The zero-order valence-electron chi connectivity index (χ0n) is 16.0. The smallest absolute Gasteiger partial charge is 0.257 e. The third kappa shape index (κ3) is 2.98. The van der Waals surface area contributed by atoms with E-state index < -0.39 is 0 Å². The van der Waals surface area contributed by atoms with Crippen LogP contribution in [0.3, 0.4) is 0 Å². The van der Waals surface area contributed by atoms with Crippen molar-refractivity contribution in [1.82, 2.24) is 14.3 Å². The highest BCUT2D eigenvalue weighted by Gasteiger charge is 2.19. The Balaban J connectivity index is 1.95. The largest absolute Gasteiger partial charge is 0.497 e. The summed E-state index contributed by atoms with van der Waals surface area (Å²) in [6.07, 6.45) is 0. The molecule has 1 aromatic carbocycles. The molecule has 0 aliphatic rings. The summed E-state index contributed by atoms with van der Waals surface area (Å²) in [7, 11) is 3.51. The van der Waals surface area contributed by atoms with Crippen molar-refractivity contribution >= 4 is 11.6 Å². The molecule has 3 aromatic rings. The fourth-order valence-corrected chi connectivity index (χ4v) is 3.26. The van der Waals surface area contributed by atoms with Gasteiger partial charge in [0.1, 0.15) is 5.75 Å². The third-order valence-corrected chi connectivity index (χ3v) is 4.75. The number of nitrogens with zero attached hydrogens (tertiary/aromatic N) is 3. The number of carbonyl (C=O) groups is 1. The Labute approximate surface area is 153 Å². The van der Waals surface area contributed by atoms with Gasteiger partial charge in [-0.3, -0.25) is 9.48 Å². The standard InChI is InChI=1S/C20H24N4O2/c1-12-11-18(20(25)21-19-13(2)22-23(5)15(19)4)14(3)24(12)16-7-9-17(26-6)10-8-16/h7-11H,1-6H3,(H,21,25). The maximum Gasteiger partial charge on any atom is 0.257 e. The van der Waals surface area contributed by atoms with Crippen molar-refractivity contribution in [1.29, 1.82) is 0 Å². The number of rotatable bonds is 4. The quantitative estimate of drug-likeness (QED) is 0.779. The topological polar surface area (TPSA) is 61.1 Å². The number of methoxy groups -OCH3 is 1. The molecule has 0 spiro atoms. The van der Waals surface area contributed by atoms with Gasteiger partial charge in [-0.15, -0.1) is 0 Å². The van der Waals surface area contributed by atoms with Crippen molar-refractivity contribution in [3.05, 3.63) is 58.7 Å². The molecule has 6 nitrogen and oxygen atoms in total. The lowest BCUT2D eigenvalue weighted by Crippen LogP contribution is -2.14. The molecule has 2 heterocycles. The van der Waals surface area contributed by atoms with Crippen LogP contribution in [0.25, 0.3) is 5.69 Å². The Hall–Kier alpha value is -3.02. The van der Waals surface area contributed by atoms with Gasteiger partial charge in [-0.1, -0.05) is 0 Å². The summed E-state index contributed by atoms with van der Waals surface area (Å²) in [4.78, 5) is 12.9. The van der Waals surface area contributed by atoms with Crippen molar-refractivity contribution < 1.29 is 9.53 Å². The average Bonchev–Trinajstić information content (AvgIpc) is 3.05. The Bertz CT molecular complexity index is 965. The van der Waals surface area contributed by atoms with Gasteiger partial charge in [0, 0.05) is 24.1 Å². The molecule has 0 atom stereocenters. The number of ether oxygens (including phenoxy) is 1. The van der Waals surface area contributed by atoms with E-state index in [2.05, 4.69) is 15.0 Å². The van der Waals surface area contributed by atoms with E-state index >= 15 is 0 Å². The fraction of sp³-hybridized carbons (Fsp3) is 0.300. The predicted octanol–water partition coefficient (Wildman–Crippen LogP) is 3.71. The van der Waals surface area contributed by atoms with Gasteiger partial charge in [-0.2, -0.15) is 5.10 Å². The van der Waals surface area contributed by atoms with Crippen molar-refractivity contribution in [3.8, 4) is 11.4 Å². The number of aromatic nitrogens is 3. The molecule has 0 saturated carbocycles. The Morgan fingerprint density at radius 3 is 2.27 bits per heavy atom. The Kier molecular flexibility index (Phi) is 4.59. The molecule has 1 amide bonds. The van der Waals surface area contributed by atoms with Crippen LogP contribution in [-0.4, -0.2) is 27.4 Å². The molecule has 0 aliphatic heterocycles. The number of hydrogen-bond donors (Lipinski definition) is 1. The number of aryl methyl sites for hydroxylation is 3. The van der Waals surface area contributed by atoms with Crippen molar-refractivity contribution in [2.24, 2.45) is 7.05 Å². The van der Waals surface area contributed by atoms with E-state index in [0.29, 0.717) is 5.56 Å². The number of amides is 1. The van der Waals surface area contributed by atoms with Crippen LogP contribution in [0, 0.1) is 27.7 Å². The highest BCUT2D eigenvalue weighted by molar-refractivity contribution is 6.06. The maximum atomic E-state index is 12.9. The summed E-state index contributed by atoms with van der Waals surface area (Å²) in [6.45, 7) is 7.78. The van der Waals surface area contributed by atoms with Crippen LogP contribution in [-0.2, 0) is 7.05 Å². The molecule has 2 aromatic heterocycles. The molecule has 136 valence electrons. The molecule has 0 aliphatic carbocycles. The first kappa shape index (κ1) is 17.8. The second kappa shape index (κ2) is 6.71. The van der Waals surface area contributed by atoms with Gasteiger partial charge < -0.3 is 14.6 Å². The highest BCUT2D eigenvalue weighted by atomic mass is 16.5. The normalized spacial score (nSPS) is 10.8. The van der Waals surface area contributed by atoms with Crippen molar-refractivity contribution in [3.63, 3.8) is 0 Å². The number of benzene rings is 1. The van der Waals surface area contributed by atoms with E-state index in [0.717, 1.165) is 39.9 Å². The van der Waals surface area contributed by atoms with E-state index in [-0.39, 0.29) is 5.91 Å². The van der Waals surface area contributed by atoms with Gasteiger partial charge in [-0.25, -0.2) is 0 Å². The van der Waals surface area contributed by atoms with Crippen molar-refractivity contribution in [2.75, 3.05) is 12.4 Å². The van der Waals surface area contributed by atoms with Gasteiger partial charge in [0.25, 0.3) is 5.91 Å². The molecule has 0 unspecified atom stereocenters. The minimum Gasteiger partial charge on any atom is -0.497 e. The Morgan fingerprint density at radius 1 is 1.08 bits per heavy atom. The van der Waals surface area contributed by atoms with Gasteiger partial charge in [0.15, 0.2) is 0 Å². The van der Waals surface area contributed by atoms with Gasteiger partial charge in [0.05, 0.1) is 29.7 Å². The van der Waals surface area contributed by atoms with E-state index in [9.17, 15) is 4.79 Å². The van der Waals surface area contributed by atoms with Gasteiger partial charge in [0.2, 0.25) is 0 Å². The van der Waals surface area contributed by atoms with E-state index in [4.69, 9.17) is 4.74 Å². The van der Waals surface area contributed by atoms with Crippen LogP contribution in [0.15, 0.2) is 30.3 Å². The first-order valence-electron chi connectivity index (χ1n) is 8.48. The second-order valence-electron chi connectivity index (χ2n) is 6.44. The summed E-state index contributed by atoms with van der Waals surface area (Å²) in [5.41, 5.74) is 6.05. The predicted molar refractivity (Wildman–Crippen MR) is 102 cm³/mol. The maximum absolute atomic E-state index is 12.9. The first-order valence-corrected chi connectivity index (χ1v) is 8.48. The summed E-state index contributed by atoms with van der Waals surface area (Å²) in [5.74, 6) is 0.675. The Morgan fingerprint density at radius 2 is 1.73 bits per heavy atom. The first-order chi connectivity index (χ1) is 12.3. The zero-order valence-corrected chi connectivity index (χ0v) is 16.0. The van der Waals surface area contributed by atoms with Crippen LogP contribution in [0.1, 0.15) is 33.1 Å². The molecule has 6 heteroatoms. The molecule has 0 bridgehead atoms. The number of hydrogen-bond acceptors (Lipinski definition) is 3. The van der Waals surface area contributed by atoms with Crippen LogP contribution >= 0.6 is 0 Å². The fourth-order valence-electron chi connectivity index (χ4n) is 3.26. The molecular formula is C20H24N4O2. The summed E-state index contributed by atoms with van der Waals surface area (Å²) < 4.78 is 9.05.